The van der Waals surface area contributed by atoms with Crippen molar-refractivity contribution in [3.8, 4) is 0 Å². The molecule has 2 heterocycles. The van der Waals surface area contributed by atoms with Gasteiger partial charge in [0.15, 0.2) is 0 Å². The van der Waals surface area contributed by atoms with Gasteiger partial charge in [-0.1, -0.05) is 6.07 Å². The number of hydrogen-bond acceptors (Lipinski definition) is 5. The van der Waals surface area contributed by atoms with E-state index in [1.807, 2.05) is 17.5 Å². The number of nitrogens with one attached hydrogen (secondary N) is 2. The van der Waals surface area contributed by atoms with Gasteiger partial charge in [0.2, 0.25) is 10.0 Å². The van der Waals surface area contributed by atoms with Crippen LogP contribution in [0.1, 0.15) is 28.1 Å². The van der Waals surface area contributed by atoms with Crippen molar-refractivity contribution in [2.45, 2.75) is 30.3 Å². The van der Waals surface area contributed by atoms with E-state index in [1.54, 1.807) is 11.3 Å². The third-order valence-corrected chi connectivity index (χ3v) is 6.60. The molecule has 2 aromatic rings. The van der Waals surface area contributed by atoms with Crippen molar-refractivity contribution >= 4 is 27.3 Å². The maximum atomic E-state index is 12.3. The lowest BCUT2D eigenvalue weighted by atomic mass is 10.2. The first-order valence-corrected chi connectivity index (χ1v) is 10.9. The summed E-state index contributed by atoms with van der Waals surface area (Å²) < 4.78 is 32.7. The monoisotopic (exact) mass is 394 g/mol. The number of ether oxygens (including phenoxy) is 1. The molecule has 1 aromatic carbocycles. The van der Waals surface area contributed by atoms with E-state index >= 15 is 0 Å². The van der Waals surface area contributed by atoms with Gasteiger partial charge >= 0.3 is 0 Å². The molecular weight excluding hydrogens is 372 g/mol. The Morgan fingerprint density at radius 3 is 2.69 bits per heavy atom. The normalized spacial score (nSPS) is 17.3. The Kier molecular flexibility index (Phi) is 6.42. The molecule has 1 aliphatic rings. The summed E-state index contributed by atoms with van der Waals surface area (Å²) in [5, 5.41) is 4.79. The highest BCUT2D eigenvalue weighted by Gasteiger charge is 2.18. The Bertz CT molecular complexity index is 811. The summed E-state index contributed by atoms with van der Waals surface area (Å²) in [6, 6.07) is 9.88. The van der Waals surface area contributed by atoms with Crippen LogP contribution in [-0.2, 0) is 21.2 Å². The number of thiophene rings is 1. The van der Waals surface area contributed by atoms with Crippen LogP contribution in [0.25, 0.3) is 0 Å². The first kappa shape index (κ1) is 19.0. The molecule has 0 aliphatic carbocycles. The fourth-order valence-corrected chi connectivity index (χ4v) is 4.49. The SMILES string of the molecule is O=C(NC[C@H]1CCCO1)c1ccc(S(=O)(=O)NCCc2cccs2)cc1. The van der Waals surface area contributed by atoms with Gasteiger partial charge in [0, 0.05) is 30.1 Å². The predicted octanol–water partition coefficient (Wildman–Crippen LogP) is 2.18. The number of rotatable bonds is 8. The Labute approximate surface area is 157 Å². The molecule has 1 aliphatic heterocycles. The molecule has 26 heavy (non-hydrogen) atoms. The Balaban J connectivity index is 1.52. The zero-order chi connectivity index (χ0) is 18.4. The van der Waals surface area contributed by atoms with Gasteiger partial charge in [0.05, 0.1) is 11.0 Å². The summed E-state index contributed by atoms with van der Waals surface area (Å²) in [4.78, 5) is 13.4. The lowest BCUT2D eigenvalue weighted by Crippen LogP contribution is -2.31. The minimum absolute atomic E-state index is 0.0751. The molecule has 0 unspecified atom stereocenters. The van der Waals surface area contributed by atoms with Gasteiger partial charge in [-0.25, -0.2) is 13.1 Å². The molecule has 8 heteroatoms. The second kappa shape index (κ2) is 8.77. The highest BCUT2D eigenvalue weighted by molar-refractivity contribution is 7.89. The molecule has 1 fully saturated rings. The molecule has 140 valence electrons. The second-order valence-corrected chi connectivity index (χ2v) is 8.90. The van der Waals surface area contributed by atoms with Gasteiger partial charge in [-0.15, -0.1) is 11.3 Å². The number of carbonyl (C=O) groups excluding carboxylic acids is 1. The summed E-state index contributed by atoms with van der Waals surface area (Å²) in [5.41, 5.74) is 0.431. The van der Waals surface area contributed by atoms with Crippen molar-refractivity contribution in [3.63, 3.8) is 0 Å². The smallest absolute Gasteiger partial charge is 0.251 e. The van der Waals surface area contributed by atoms with E-state index in [0.29, 0.717) is 25.1 Å². The standard InChI is InChI=1S/C18H22N2O4S2/c21-18(19-13-15-3-1-11-24-15)14-5-7-17(8-6-14)26(22,23)20-10-9-16-4-2-12-25-16/h2,4-8,12,15,20H,1,3,9-11,13H2,(H,19,21)/t15-/m1/s1. The third-order valence-electron chi connectivity index (χ3n) is 4.18. The molecule has 0 bridgehead atoms. The summed E-state index contributed by atoms with van der Waals surface area (Å²) in [6.45, 7) is 1.56. The molecule has 6 nitrogen and oxygen atoms in total. The zero-order valence-electron chi connectivity index (χ0n) is 14.3. The summed E-state index contributed by atoms with van der Waals surface area (Å²) >= 11 is 1.60. The summed E-state index contributed by atoms with van der Waals surface area (Å²) in [5.74, 6) is -0.227. The average Bonchev–Trinajstić information content (AvgIpc) is 3.33. The number of hydrogen-bond donors (Lipinski definition) is 2. The maximum Gasteiger partial charge on any atom is 0.251 e. The lowest BCUT2D eigenvalue weighted by Gasteiger charge is -2.11. The van der Waals surface area contributed by atoms with Crippen molar-refractivity contribution in [2.75, 3.05) is 19.7 Å². The van der Waals surface area contributed by atoms with Crippen LogP contribution >= 0.6 is 11.3 Å². The first-order chi connectivity index (χ1) is 12.5. The largest absolute Gasteiger partial charge is 0.376 e. The molecule has 0 radical (unpaired) electrons. The molecule has 1 saturated heterocycles. The molecule has 1 aromatic heterocycles. The van der Waals surface area contributed by atoms with E-state index in [9.17, 15) is 13.2 Å². The topological polar surface area (TPSA) is 84.5 Å². The van der Waals surface area contributed by atoms with E-state index in [1.165, 1.54) is 24.3 Å². The van der Waals surface area contributed by atoms with Crippen LogP contribution in [-0.4, -0.2) is 40.1 Å². The Morgan fingerprint density at radius 2 is 2.04 bits per heavy atom. The van der Waals surface area contributed by atoms with Crippen LogP contribution in [0.15, 0.2) is 46.7 Å². The molecule has 0 saturated carbocycles. The second-order valence-electron chi connectivity index (χ2n) is 6.10. The quantitative estimate of drug-likeness (QED) is 0.719. The van der Waals surface area contributed by atoms with E-state index in [4.69, 9.17) is 4.74 Å². The molecule has 2 N–H and O–H groups in total. The van der Waals surface area contributed by atoms with Crippen molar-refractivity contribution in [1.82, 2.24) is 10.0 Å². The van der Waals surface area contributed by atoms with Crippen molar-refractivity contribution < 1.29 is 17.9 Å². The van der Waals surface area contributed by atoms with E-state index < -0.39 is 10.0 Å². The van der Waals surface area contributed by atoms with Crippen molar-refractivity contribution in [3.05, 3.63) is 52.2 Å². The van der Waals surface area contributed by atoms with Crippen LogP contribution in [0, 0.1) is 0 Å². The minimum atomic E-state index is -3.58. The molecule has 1 amide bonds. The predicted molar refractivity (Wildman–Crippen MR) is 101 cm³/mol. The Morgan fingerprint density at radius 1 is 1.23 bits per heavy atom. The van der Waals surface area contributed by atoms with Crippen LogP contribution in [0.2, 0.25) is 0 Å². The third kappa shape index (κ3) is 5.14. The van der Waals surface area contributed by atoms with E-state index in [-0.39, 0.29) is 16.9 Å². The van der Waals surface area contributed by atoms with Crippen LogP contribution < -0.4 is 10.0 Å². The zero-order valence-corrected chi connectivity index (χ0v) is 15.9. The van der Waals surface area contributed by atoms with E-state index in [0.717, 1.165) is 24.3 Å². The average molecular weight is 395 g/mol. The molecule has 0 spiro atoms. The van der Waals surface area contributed by atoms with Crippen molar-refractivity contribution in [1.29, 1.82) is 0 Å². The van der Waals surface area contributed by atoms with Gasteiger partial charge in [0.1, 0.15) is 0 Å². The number of benzene rings is 1. The molecule has 1 atom stereocenters. The Hall–Kier alpha value is -1.74. The number of carbonyl (C=O) groups is 1. The first-order valence-electron chi connectivity index (χ1n) is 8.56. The highest BCUT2D eigenvalue weighted by Crippen LogP contribution is 2.13. The van der Waals surface area contributed by atoms with Gasteiger partial charge in [-0.3, -0.25) is 4.79 Å². The van der Waals surface area contributed by atoms with Gasteiger partial charge in [-0.2, -0.15) is 0 Å². The van der Waals surface area contributed by atoms with Crippen LogP contribution in [0.3, 0.4) is 0 Å². The molecular formula is C18H22N2O4S2. The lowest BCUT2D eigenvalue weighted by molar-refractivity contribution is 0.0857. The van der Waals surface area contributed by atoms with E-state index in [2.05, 4.69) is 10.0 Å². The van der Waals surface area contributed by atoms with Crippen molar-refractivity contribution in [2.24, 2.45) is 0 Å². The van der Waals surface area contributed by atoms with Gasteiger partial charge in [-0.05, 0) is 55.0 Å². The fraction of sp³-hybridized carbons (Fsp3) is 0.389. The summed E-state index contributed by atoms with van der Waals surface area (Å²) in [7, 11) is -3.58. The maximum absolute atomic E-state index is 12.3. The number of amides is 1. The molecule has 3 rings (SSSR count). The minimum Gasteiger partial charge on any atom is -0.376 e. The van der Waals surface area contributed by atoms with Crippen LogP contribution in [0.4, 0.5) is 0 Å². The number of sulfonamides is 1. The van der Waals surface area contributed by atoms with Gasteiger partial charge < -0.3 is 10.1 Å². The highest BCUT2D eigenvalue weighted by atomic mass is 32.2. The summed E-state index contributed by atoms with van der Waals surface area (Å²) in [6.07, 6.45) is 2.70. The fourth-order valence-electron chi connectivity index (χ4n) is 2.75. The van der Waals surface area contributed by atoms with Crippen LogP contribution in [0.5, 0.6) is 0 Å². The van der Waals surface area contributed by atoms with Gasteiger partial charge in [0.25, 0.3) is 5.91 Å².